The molecule has 1 rings (SSSR count). The van der Waals surface area contributed by atoms with Gasteiger partial charge in [-0.25, -0.2) is 0 Å². The van der Waals surface area contributed by atoms with E-state index in [9.17, 15) is 0 Å². The molecule has 0 saturated heterocycles. The van der Waals surface area contributed by atoms with Gasteiger partial charge in [0.1, 0.15) is 0 Å². The number of rotatable bonds is 0. The van der Waals surface area contributed by atoms with Crippen molar-refractivity contribution in [2.24, 2.45) is 0 Å². The van der Waals surface area contributed by atoms with Crippen LogP contribution in [-0.2, 0) is 0 Å². The summed E-state index contributed by atoms with van der Waals surface area (Å²) in [6, 6.07) is 3.34. The molecule has 0 aliphatic heterocycles. The van der Waals surface area contributed by atoms with E-state index in [1.807, 2.05) is 20.8 Å². The molecule has 68 valence electrons. The molecule has 12 heavy (non-hydrogen) atoms. The molecule has 0 aliphatic rings. The summed E-state index contributed by atoms with van der Waals surface area (Å²) >= 11 is 17.2. The summed E-state index contributed by atoms with van der Waals surface area (Å²) in [5, 5.41) is 1.79. The Balaban J connectivity index is 0.000000561. The highest BCUT2D eigenvalue weighted by Crippen LogP contribution is 2.27. The second-order valence-electron chi connectivity index (χ2n) is 1.99. The summed E-state index contributed by atoms with van der Waals surface area (Å²) in [5.74, 6) is 0. The maximum atomic E-state index is 5.75. The van der Waals surface area contributed by atoms with Gasteiger partial charge in [-0.15, -0.1) is 0 Å². The summed E-state index contributed by atoms with van der Waals surface area (Å²) in [5.41, 5.74) is 0.868. The molecule has 0 atom stereocenters. The number of hydrogen-bond acceptors (Lipinski definition) is 0. The second kappa shape index (κ2) is 5.69. The van der Waals surface area contributed by atoms with Crippen LogP contribution >= 0.6 is 34.8 Å². The van der Waals surface area contributed by atoms with E-state index in [1.54, 1.807) is 12.1 Å². The van der Waals surface area contributed by atoms with Crippen LogP contribution in [0.4, 0.5) is 0 Å². The van der Waals surface area contributed by atoms with Crippen LogP contribution in [0.2, 0.25) is 15.1 Å². The Kier molecular flexibility index (Phi) is 5.73. The van der Waals surface area contributed by atoms with Crippen molar-refractivity contribution in [3.05, 3.63) is 32.8 Å². The van der Waals surface area contributed by atoms with Crippen LogP contribution in [0.1, 0.15) is 19.4 Å². The van der Waals surface area contributed by atoms with Crippen LogP contribution < -0.4 is 0 Å². The topological polar surface area (TPSA) is 0 Å². The van der Waals surface area contributed by atoms with Crippen molar-refractivity contribution in [2.75, 3.05) is 0 Å². The van der Waals surface area contributed by atoms with E-state index in [-0.39, 0.29) is 0 Å². The summed E-state index contributed by atoms with van der Waals surface area (Å²) in [6.45, 7) is 5.85. The molecule has 0 aliphatic carbocycles. The number of hydrogen-bond donors (Lipinski definition) is 0. The van der Waals surface area contributed by atoms with Crippen molar-refractivity contribution in [1.82, 2.24) is 0 Å². The molecule has 0 bridgehead atoms. The van der Waals surface area contributed by atoms with E-state index >= 15 is 0 Å². The fourth-order valence-corrected chi connectivity index (χ4v) is 1.43. The lowest BCUT2D eigenvalue weighted by Gasteiger charge is -1.99. The largest absolute Gasteiger partial charge is 0.0842 e. The zero-order valence-corrected chi connectivity index (χ0v) is 9.56. The van der Waals surface area contributed by atoms with Gasteiger partial charge < -0.3 is 0 Å². The average molecular weight is 226 g/mol. The van der Waals surface area contributed by atoms with Crippen LogP contribution in [0.5, 0.6) is 0 Å². The first-order valence-corrected chi connectivity index (χ1v) is 4.86. The lowest BCUT2D eigenvalue weighted by molar-refractivity contribution is 1.47. The van der Waals surface area contributed by atoms with Crippen molar-refractivity contribution in [3.63, 3.8) is 0 Å². The molecule has 0 nitrogen and oxygen atoms in total. The average Bonchev–Trinajstić information content (AvgIpc) is 2.04. The van der Waals surface area contributed by atoms with Gasteiger partial charge in [0.25, 0.3) is 0 Å². The van der Waals surface area contributed by atoms with Gasteiger partial charge in [0.2, 0.25) is 0 Å². The van der Waals surface area contributed by atoms with E-state index < -0.39 is 0 Å². The minimum absolute atomic E-state index is 0.570. The van der Waals surface area contributed by atoms with E-state index in [4.69, 9.17) is 34.8 Å². The van der Waals surface area contributed by atoms with E-state index in [0.29, 0.717) is 15.1 Å². The van der Waals surface area contributed by atoms with E-state index in [0.717, 1.165) is 5.56 Å². The third kappa shape index (κ3) is 3.22. The van der Waals surface area contributed by atoms with Crippen LogP contribution in [-0.4, -0.2) is 0 Å². The first-order chi connectivity index (χ1) is 5.61. The molecular formula is C9H11Cl3. The SMILES string of the molecule is CC.Cc1c(Cl)cc(Cl)cc1Cl. The lowest BCUT2D eigenvalue weighted by Crippen LogP contribution is -1.76. The van der Waals surface area contributed by atoms with Crippen LogP contribution in [0.15, 0.2) is 12.1 Å². The molecule has 0 N–H and O–H groups in total. The Morgan fingerprint density at radius 1 is 0.917 bits per heavy atom. The zero-order chi connectivity index (χ0) is 9.72. The maximum Gasteiger partial charge on any atom is 0.0464 e. The molecule has 0 aromatic heterocycles. The van der Waals surface area contributed by atoms with Gasteiger partial charge >= 0.3 is 0 Å². The smallest absolute Gasteiger partial charge is 0.0464 e. The molecule has 1 aromatic carbocycles. The second-order valence-corrected chi connectivity index (χ2v) is 3.25. The van der Waals surface area contributed by atoms with Crippen LogP contribution in [0, 0.1) is 6.92 Å². The Labute approximate surface area is 88.4 Å². The summed E-state index contributed by atoms with van der Waals surface area (Å²) < 4.78 is 0. The van der Waals surface area contributed by atoms with Gasteiger partial charge in [0.15, 0.2) is 0 Å². The fraction of sp³-hybridized carbons (Fsp3) is 0.333. The molecule has 0 fully saturated rings. The third-order valence-corrected chi connectivity index (χ3v) is 2.25. The number of benzene rings is 1. The van der Waals surface area contributed by atoms with Gasteiger partial charge in [-0.05, 0) is 24.6 Å². The molecule has 3 heteroatoms. The molecule has 0 saturated carbocycles. The van der Waals surface area contributed by atoms with Gasteiger partial charge in [-0.1, -0.05) is 48.7 Å². The summed E-state index contributed by atoms with van der Waals surface area (Å²) in [4.78, 5) is 0. The van der Waals surface area contributed by atoms with Crippen LogP contribution in [0.3, 0.4) is 0 Å². The molecular weight excluding hydrogens is 214 g/mol. The quantitative estimate of drug-likeness (QED) is 0.584. The molecule has 0 unspecified atom stereocenters. The first-order valence-electron chi connectivity index (χ1n) is 3.72. The standard InChI is InChI=1S/C7H5Cl3.C2H6/c1-4-6(9)2-5(8)3-7(4)10;1-2/h2-3H,1H3;1-2H3. The predicted octanol–water partition coefficient (Wildman–Crippen LogP) is 4.98. The molecule has 0 radical (unpaired) electrons. The molecule has 0 spiro atoms. The summed E-state index contributed by atoms with van der Waals surface area (Å²) in [7, 11) is 0. The number of halogens is 3. The van der Waals surface area contributed by atoms with Gasteiger partial charge in [0, 0.05) is 15.1 Å². The van der Waals surface area contributed by atoms with Crippen LogP contribution in [0.25, 0.3) is 0 Å². The highest BCUT2D eigenvalue weighted by atomic mass is 35.5. The van der Waals surface area contributed by atoms with Gasteiger partial charge in [-0.2, -0.15) is 0 Å². The molecule has 0 heterocycles. The van der Waals surface area contributed by atoms with Crippen molar-refractivity contribution in [1.29, 1.82) is 0 Å². The Morgan fingerprint density at radius 2 is 1.25 bits per heavy atom. The Hall–Kier alpha value is 0.0900. The highest BCUT2D eigenvalue weighted by molar-refractivity contribution is 6.39. The normalized spacial score (nSPS) is 8.83. The molecule has 1 aromatic rings. The molecule has 0 amide bonds. The van der Waals surface area contributed by atoms with Crippen molar-refractivity contribution in [2.45, 2.75) is 20.8 Å². The monoisotopic (exact) mass is 224 g/mol. The van der Waals surface area contributed by atoms with Gasteiger partial charge in [-0.3, -0.25) is 0 Å². The zero-order valence-electron chi connectivity index (χ0n) is 7.29. The minimum atomic E-state index is 0.570. The highest BCUT2D eigenvalue weighted by Gasteiger charge is 2.00. The predicted molar refractivity (Wildman–Crippen MR) is 57.6 cm³/mol. The van der Waals surface area contributed by atoms with E-state index in [1.165, 1.54) is 0 Å². The summed E-state index contributed by atoms with van der Waals surface area (Å²) in [6.07, 6.45) is 0. The Bertz CT molecular complexity index is 233. The third-order valence-electron chi connectivity index (χ3n) is 1.25. The maximum absolute atomic E-state index is 5.75. The fourth-order valence-electron chi connectivity index (χ4n) is 0.614. The first kappa shape index (κ1) is 12.1. The Morgan fingerprint density at radius 3 is 1.58 bits per heavy atom. The van der Waals surface area contributed by atoms with Crippen molar-refractivity contribution >= 4 is 34.8 Å². The minimum Gasteiger partial charge on any atom is -0.0842 e. The van der Waals surface area contributed by atoms with E-state index in [2.05, 4.69) is 0 Å². The van der Waals surface area contributed by atoms with Crippen molar-refractivity contribution in [3.8, 4) is 0 Å². The van der Waals surface area contributed by atoms with Gasteiger partial charge in [0.05, 0.1) is 0 Å². The van der Waals surface area contributed by atoms with Crippen molar-refractivity contribution < 1.29 is 0 Å². The lowest BCUT2D eigenvalue weighted by atomic mass is 10.2.